The van der Waals surface area contributed by atoms with Crippen molar-refractivity contribution < 1.29 is 9.47 Å². The summed E-state index contributed by atoms with van der Waals surface area (Å²) in [5.41, 5.74) is 4.38. The molecule has 0 spiro atoms. The van der Waals surface area contributed by atoms with Crippen molar-refractivity contribution in [3.05, 3.63) is 82.4 Å². The standard InChI is InChI=1S/C24H24N4O2S/c1-17(24-25-10-11-31-24)27(2)14-20-15-28(13-18-6-4-3-5-7-18)26-23(20)19-8-9-21-22(12-19)30-16-29-21/h3-12,15,17H,13-14,16H2,1-2H3. The molecule has 0 radical (unpaired) electrons. The van der Waals surface area contributed by atoms with Crippen molar-refractivity contribution in [1.29, 1.82) is 0 Å². The number of rotatable bonds is 7. The van der Waals surface area contributed by atoms with Gasteiger partial charge in [-0.05, 0) is 37.7 Å². The molecule has 2 aromatic carbocycles. The van der Waals surface area contributed by atoms with E-state index in [0.29, 0.717) is 0 Å². The van der Waals surface area contributed by atoms with Crippen LogP contribution in [0.3, 0.4) is 0 Å². The van der Waals surface area contributed by atoms with Crippen molar-refractivity contribution in [3.8, 4) is 22.8 Å². The molecule has 0 saturated carbocycles. The summed E-state index contributed by atoms with van der Waals surface area (Å²) in [5, 5.41) is 8.10. The summed E-state index contributed by atoms with van der Waals surface area (Å²) in [6.45, 7) is 3.94. The average molecular weight is 433 g/mol. The Labute approximate surface area is 185 Å². The van der Waals surface area contributed by atoms with Crippen LogP contribution >= 0.6 is 11.3 Å². The Kier molecular flexibility index (Phi) is 5.44. The molecule has 4 aromatic rings. The van der Waals surface area contributed by atoms with E-state index in [-0.39, 0.29) is 12.8 Å². The average Bonchev–Trinajstić information content (AvgIpc) is 3.54. The van der Waals surface area contributed by atoms with Gasteiger partial charge in [-0.2, -0.15) is 5.10 Å². The summed E-state index contributed by atoms with van der Waals surface area (Å²) in [6, 6.07) is 16.6. The minimum Gasteiger partial charge on any atom is -0.454 e. The smallest absolute Gasteiger partial charge is 0.231 e. The Balaban J connectivity index is 1.47. The number of aromatic nitrogens is 3. The number of fused-ring (bicyclic) bond motifs is 1. The molecular weight excluding hydrogens is 408 g/mol. The van der Waals surface area contributed by atoms with Crippen LogP contribution in [0.4, 0.5) is 0 Å². The van der Waals surface area contributed by atoms with E-state index in [9.17, 15) is 0 Å². The summed E-state index contributed by atoms with van der Waals surface area (Å²) in [6.07, 6.45) is 4.01. The minimum atomic E-state index is 0.224. The monoisotopic (exact) mass is 432 g/mol. The Bertz CT molecular complexity index is 1160. The highest BCUT2D eigenvalue weighted by Gasteiger charge is 2.21. The Morgan fingerprint density at radius 1 is 1.13 bits per heavy atom. The van der Waals surface area contributed by atoms with Gasteiger partial charge in [0.2, 0.25) is 6.79 Å². The lowest BCUT2D eigenvalue weighted by molar-refractivity contribution is 0.174. The summed E-state index contributed by atoms with van der Waals surface area (Å²) >= 11 is 1.69. The van der Waals surface area contributed by atoms with Gasteiger partial charge in [-0.3, -0.25) is 9.58 Å². The number of nitrogens with zero attached hydrogens (tertiary/aromatic N) is 4. The van der Waals surface area contributed by atoms with Gasteiger partial charge in [-0.25, -0.2) is 4.98 Å². The van der Waals surface area contributed by atoms with Crippen LogP contribution < -0.4 is 9.47 Å². The van der Waals surface area contributed by atoms with Gasteiger partial charge in [-0.1, -0.05) is 30.3 Å². The molecule has 6 nitrogen and oxygen atoms in total. The van der Waals surface area contributed by atoms with Crippen LogP contribution in [0.2, 0.25) is 0 Å². The third-order valence-corrected chi connectivity index (χ3v) is 6.51. The molecule has 1 atom stereocenters. The molecule has 0 aliphatic carbocycles. The number of hydrogen-bond acceptors (Lipinski definition) is 6. The number of thiazole rings is 1. The van der Waals surface area contributed by atoms with Crippen LogP contribution in [0.15, 0.2) is 66.3 Å². The van der Waals surface area contributed by atoms with Gasteiger partial charge in [0.05, 0.1) is 18.3 Å². The molecule has 5 rings (SSSR count). The Hall–Kier alpha value is -3.16. The fourth-order valence-electron chi connectivity index (χ4n) is 3.75. The lowest BCUT2D eigenvalue weighted by Gasteiger charge is -2.22. The SMILES string of the molecule is CC(c1nccs1)N(C)Cc1cn(Cc2ccccc2)nc1-c1ccc2c(c1)OCO2. The first-order valence-electron chi connectivity index (χ1n) is 10.3. The van der Waals surface area contributed by atoms with E-state index in [1.165, 1.54) is 11.1 Å². The van der Waals surface area contributed by atoms with Crippen LogP contribution in [-0.2, 0) is 13.1 Å². The minimum absolute atomic E-state index is 0.224. The van der Waals surface area contributed by atoms with E-state index in [0.717, 1.165) is 40.9 Å². The maximum atomic E-state index is 5.60. The van der Waals surface area contributed by atoms with Crippen LogP contribution in [0.25, 0.3) is 11.3 Å². The topological polar surface area (TPSA) is 52.4 Å². The molecule has 0 N–H and O–H groups in total. The van der Waals surface area contributed by atoms with Crippen LogP contribution in [-0.4, -0.2) is 33.5 Å². The van der Waals surface area contributed by atoms with E-state index >= 15 is 0 Å². The number of ether oxygens (including phenoxy) is 2. The van der Waals surface area contributed by atoms with E-state index in [1.807, 2.05) is 34.5 Å². The van der Waals surface area contributed by atoms with Crippen LogP contribution in [0.1, 0.15) is 29.1 Å². The Morgan fingerprint density at radius 3 is 2.77 bits per heavy atom. The molecular formula is C24H24N4O2S. The fraction of sp³-hybridized carbons (Fsp3) is 0.250. The highest BCUT2D eigenvalue weighted by Crippen LogP contribution is 2.37. The second-order valence-corrected chi connectivity index (χ2v) is 8.64. The van der Waals surface area contributed by atoms with E-state index in [2.05, 4.69) is 60.4 Å². The van der Waals surface area contributed by atoms with Crippen molar-refractivity contribution in [2.45, 2.75) is 26.1 Å². The van der Waals surface area contributed by atoms with Gasteiger partial charge >= 0.3 is 0 Å². The molecule has 31 heavy (non-hydrogen) atoms. The molecule has 0 saturated heterocycles. The lowest BCUT2D eigenvalue weighted by Crippen LogP contribution is -2.21. The molecule has 1 aliphatic heterocycles. The third kappa shape index (κ3) is 4.19. The molecule has 0 amide bonds. The highest BCUT2D eigenvalue weighted by molar-refractivity contribution is 7.09. The van der Waals surface area contributed by atoms with Crippen molar-refractivity contribution in [2.75, 3.05) is 13.8 Å². The van der Waals surface area contributed by atoms with Crippen molar-refractivity contribution >= 4 is 11.3 Å². The van der Waals surface area contributed by atoms with Crippen LogP contribution in [0.5, 0.6) is 11.5 Å². The summed E-state index contributed by atoms with van der Waals surface area (Å²) in [4.78, 5) is 6.79. The summed E-state index contributed by atoms with van der Waals surface area (Å²) in [7, 11) is 2.13. The Morgan fingerprint density at radius 2 is 1.97 bits per heavy atom. The van der Waals surface area contributed by atoms with Gasteiger partial charge in [0.15, 0.2) is 11.5 Å². The normalized spacial score (nSPS) is 13.6. The van der Waals surface area contributed by atoms with Gasteiger partial charge in [0.25, 0.3) is 0 Å². The zero-order chi connectivity index (χ0) is 21.2. The van der Waals surface area contributed by atoms with E-state index < -0.39 is 0 Å². The van der Waals surface area contributed by atoms with Gasteiger partial charge in [0.1, 0.15) is 5.01 Å². The summed E-state index contributed by atoms with van der Waals surface area (Å²) < 4.78 is 13.1. The quantitative estimate of drug-likeness (QED) is 0.412. The zero-order valence-corrected chi connectivity index (χ0v) is 18.4. The number of benzene rings is 2. The molecule has 0 fully saturated rings. The first-order chi connectivity index (χ1) is 15.2. The predicted octanol–water partition coefficient (Wildman–Crippen LogP) is 4.98. The molecule has 2 aromatic heterocycles. The van der Waals surface area contributed by atoms with Crippen molar-refractivity contribution in [2.24, 2.45) is 0 Å². The molecule has 1 aliphatic rings. The summed E-state index contributed by atoms with van der Waals surface area (Å²) in [5.74, 6) is 1.55. The maximum absolute atomic E-state index is 5.60. The van der Waals surface area contributed by atoms with Gasteiger partial charge < -0.3 is 9.47 Å². The first kappa shape index (κ1) is 19.8. The largest absolute Gasteiger partial charge is 0.454 e. The van der Waals surface area contributed by atoms with Crippen LogP contribution in [0, 0.1) is 0 Å². The molecule has 1 unspecified atom stereocenters. The second-order valence-electron chi connectivity index (χ2n) is 7.72. The highest BCUT2D eigenvalue weighted by atomic mass is 32.1. The van der Waals surface area contributed by atoms with E-state index in [4.69, 9.17) is 14.6 Å². The van der Waals surface area contributed by atoms with Crippen molar-refractivity contribution in [1.82, 2.24) is 19.7 Å². The fourth-order valence-corrected chi connectivity index (χ4v) is 4.51. The van der Waals surface area contributed by atoms with Crippen molar-refractivity contribution in [3.63, 3.8) is 0 Å². The first-order valence-corrected chi connectivity index (χ1v) is 11.2. The molecule has 158 valence electrons. The van der Waals surface area contributed by atoms with Gasteiger partial charge in [0, 0.05) is 35.4 Å². The molecule has 0 bridgehead atoms. The molecule has 7 heteroatoms. The lowest BCUT2D eigenvalue weighted by atomic mass is 10.1. The maximum Gasteiger partial charge on any atom is 0.231 e. The number of hydrogen-bond donors (Lipinski definition) is 0. The molecule has 3 heterocycles. The van der Waals surface area contributed by atoms with E-state index in [1.54, 1.807) is 11.3 Å². The second kappa shape index (κ2) is 8.53. The zero-order valence-electron chi connectivity index (χ0n) is 17.6. The predicted molar refractivity (Wildman–Crippen MR) is 121 cm³/mol. The van der Waals surface area contributed by atoms with Gasteiger partial charge in [-0.15, -0.1) is 11.3 Å². The third-order valence-electron chi connectivity index (χ3n) is 5.56.